The van der Waals surface area contributed by atoms with Gasteiger partial charge in [0.1, 0.15) is 5.75 Å². The van der Waals surface area contributed by atoms with Crippen LogP contribution in [0.5, 0.6) is 11.8 Å². The summed E-state index contributed by atoms with van der Waals surface area (Å²) in [6.45, 7) is 1.86. The number of aryl methyl sites for hydroxylation is 1. The average molecular weight is 219 g/mol. The van der Waals surface area contributed by atoms with Crippen LogP contribution in [0.25, 0.3) is 0 Å². The largest absolute Gasteiger partial charge is 0.424 e. The summed E-state index contributed by atoms with van der Waals surface area (Å²) in [6.07, 6.45) is 2.10. The number of hydrogen-bond donors (Lipinski definition) is 1. The molecule has 82 valence electrons. The first kappa shape index (κ1) is 10.4. The number of nitrogen functional groups attached to an aromatic ring is 1. The van der Waals surface area contributed by atoms with Crippen LogP contribution in [0, 0.1) is 12.7 Å². The van der Waals surface area contributed by atoms with Crippen molar-refractivity contribution < 1.29 is 9.13 Å². The van der Waals surface area contributed by atoms with E-state index in [4.69, 9.17) is 10.5 Å². The zero-order valence-corrected chi connectivity index (χ0v) is 8.64. The second kappa shape index (κ2) is 4.14. The predicted octanol–water partition coefficient (Wildman–Crippen LogP) is 2.30. The summed E-state index contributed by atoms with van der Waals surface area (Å²) in [5.41, 5.74) is 7.13. The molecule has 2 rings (SSSR count). The summed E-state index contributed by atoms with van der Waals surface area (Å²) < 4.78 is 17.9. The maximum absolute atomic E-state index is 12.6. The Balaban J connectivity index is 2.23. The van der Waals surface area contributed by atoms with E-state index in [1.165, 1.54) is 0 Å². The van der Waals surface area contributed by atoms with Gasteiger partial charge in [-0.05, 0) is 30.7 Å². The lowest BCUT2D eigenvalue weighted by Gasteiger charge is -2.06. The van der Waals surface area contributed by atoms with Gasteiger partial charge in [0.05, 0.1) is 12.4 Å². The van der Waals surface area contributed by atoms with E-state index < -0.39 is 5.82 Å². The molecule has 16 heavy (non-hydrogen) atoms. The maximum atomic E-state index is 12.6. The minimum atomic E-state index is -0.499. The summed E-state index contributed by atoms with van der Waals surface area (Å²) in [6, 6.07) is 5.32. The molecular formula is C11H10FN3O. The molecule has 2 N–H and O–H groups in total. The number of aromatic nitrogens is 2. The molecule has 0 bridgehead atoms. The molecular weight excluding hydrogens is 209 g/mol. The molecule has 0 fully saturated rings. The van der Waals surface area contributed by atoms with Gasteiger partial charge in [-0.25, -0.2) is 14.4 Å². The number of benzene rings is 1. The van der Waals surface area contributed by atoms with Crippen molar-refractivity contribution in [3.63, 3.8) is 0 Å². The van der Waals surface area contributed by atoms with E-state index in [0.29, 0.717) is 11.4 Å². The summed E-state index contributed by atoms with van der Waals surface area (Å²) in [7, 11) is 0. The van der Waals surface area contributed by atoms with E-state index >= 15 is 0 Å². The van der Waals surface area contributed by atoms with Crippen LogP contribution in [0.2, 0.25) is 0 Å². The monoisotopic (exact) mass is 219 g/mol. The average Bonchev–Trinajstić information content (AvgIpc) is 2.25. The van der Waals surface area contributed by atoms with Crippen molar-refractivity contribution in [3.05, 3.63) is 42.0 Å². The van der Waals surface area contributed by atoms with Crippen LogP contribution in [0.4, 0.5) is 10.1 Å². The Bertz CT molecular complexity index is 499. The first-order chi connectivity index (χ1) is 7.65. The SMILES string of the molecule is Cc1cc(N)ccc1Oc1ncc(F)cn1. The van der Waals surface area contributed by atoms with Crippen molar-refractivity contribution in [2.75, 3.05) is 5.73 Å². The number of halogens is 1. The van der Waals surface area contributed by atoms with Gasteiger partial charge >= 0.3 is 6.01 Å². The molecule has 0 radical (unpaired) electrons. The van der Waals surface area contributed by atoms with E-state index in [-0.39, 0.29) is 6.01 Å². The Morgan fingerprint density at radius 1 is 1.25 bits per heavy atom. The van der Waals surface area contributed by atoms with Gasteiger partial charge in [0.15, 0.2) is 5.82 Å². The molecule has 1 aromatic heterocycles. The molecule has 0 unspecified atom stereocenters. The zero-order chi connectivity index (χ0) is 11.5. The van der Waals surface area contributed by atoms with Crippen molar-refractivity contribution in [1.29, 1.82) is 0 Å². The van der Waals surface area contributed by atoms with Gasteiger partial charge in [0.2, 0.25) is 0 Å². The topological polar surface area (TPSA) is 61.0 Å². The highest BCUT2D eigenvalue weighted by atomic mass is 19.1. The minimum Gasteiger partial charge on any atom is -0.424 e. The van der Waals surface area contributed by atoms with Crippen molar-refractivity contribution in [1.82, 2.24) is 9.97 Å². The second-order valence-electron chi connectivity index (χ2n) is 3.31. The van der Waals surface area contributed by atoms with E-state index in [2.05, 4.69) is 9.97 Å². The fraction of sp³-hybridized carbons (Fsp3) is 0.0909. The van der Waals surface area contributed by atoms with Crippen molar-refractivity contribution in [2.45, 2.75) is 6.92 Å². The molecule has 2 aromatic rings. The second-order valence-corrected chi connectivity index (χ2v) is 3.31. The number of anilines is 1. The van der Waals surface area contributed by atoms with E-state index in [1.54, 1.807) is 18.2 Å². The number of nitrogens with two attached hydrogens (primary N) is 1. The highest BCUT2D eigenvalue weighted by molar-refractivity contribution is 5.47. The van der Waals surface area contributed by atoms with Gasteiger partial charge in [-0.2, -0.15) is 0 Å². The maximum Gasteiger partial charge on any atom is 0.322 e. The van der Waals surface area contributed by atoms with Gasteiger partial charge in [-0.15, -0.1) is 0 Å². The van der Waals surface area contributed by atoms with E-state index in [0.717, 1.165) is 18.0 Å². The van der Waals surface area contributed by atoms with Gasteiger partial charge in [-0.1, -0.05) is 0 Å². The fourth-order valence-corrected chi connectivity index (χ4v) is 1.24. The molecule has 0 amide bonds. The van der Waals surface area contributed by atoms with Gasteiger partial charge in [0, 0.05) is 5.69 Å². The molecule has 0 saturated heterocycles. The van der Waals surface area contributed by atoms with Crippen LogP contribution < -0.4 is 10.5 Å². The van der Waals surface area contributed by atoms with Crippen LogP contribution in [0.1, 0.15) is 5.56 Å². The lowest BCUT2D eigenvalue weighted by molar-refractivity contribution is 0.433. The molecule has 4 nitrogen and oxygen atoms in total. The van der Waals surface area contributed by atoms with E-state index in [1.807, 2.05) is 6.92 Å². The molecule has 1 heterocycles. The quantitative estimate of drug-likeness (QED) is 0.787. The predicted molar refractivity (Wildman–Crippen MR) is 57.7 cm³/mol. The molecule has 1 aromatic carbocycles. The normalized spacial score (nSPS) is 10.1. The van der Waals surface area contributed by atoms with Gasteiger partial charge in [0.25, 0.3) is 0 Å². The molecule has 0 spiro atoms. The fourth-order valence-electron chi connectivity index (χ4n) is 1.24. The highest BCUT2D eigenvalue weighted by Crippen LogP contribution is 2.23. The first-order valence-corrected chi connectivity index (χ1v) is 4.66. The van der Waals surface area contributed by atoms with Crippen LogP contribution in [0.3, 0.4) is 0 Å². The van der Waals surface area contributed by atoms with Gasteiger partial charge < -0.3 is 10.5 Å². The highest BCUT2D eigenvalue weighted by Gasteiger charge is 2.04. The molecule has 0 atom stereocenters. The Morgan fingerprint density at radius 2 is 1.94 bits per heavy atom. The van der Waals surface area contributed by atoms with Crippen LogP contribution >= 0.6 is 0 Å². The third-order valence-electron chi connectivity index (χ3n) is 2.00. The standard InChI is InChI=1S/C11H10FN3O/c1-7-4-9(13)2-3-10(7)16-11-14-5-8(12)6-15-11/h2-6H,13H2,1H3. The number of rotatable bonds is 2. The minimum absolute atomic E-state index is 0.106. The first-order valence-electron chi connectivity index (χ1n) is 4.66. The van der Waals surface area contributed by atoms with Crippen molar-refractivity contribution in [3.8, 4) is 11.8 Å². The zero-order valence-electron chi connectivity index (χ0n) is 8.64. The van der Waals surface area contributed by atoms with E-state index in [9.17, 15) is 4.39 Å². The van der Waals surface area contributed by atoms with Crippen LogP contribution in [-0.2, 0) is 0 Å². The third-order valence-corrected chi connectivity index (χ3v) is 2.00. The molecule has 0 saturated carbocycles. The lowest BCUT2D eigenvalue weighted by Crippen LogP contribution is -1.94. The van der Waals surface area contributed by atoms with Gasteiger partial charge in [-0.3, -0.25) is 0 Å². The Kier molecular flexibility index (Phi) is 2.68. The summed E-state index contributed by atoms with van der Waals surface area (Å²) >= 11 is 0. The third kappa shape index (κ3) is 2.25. The van der Waals surface area contributed by atoms with Crippen molar-refractivity contribution >= 4 is 5.69 Å². The molecule has 0 aliphatic heterocycles. The molecule has 5 heteroatoms. The Labute approximate surface area is 91.9 Å². The summed E-state index contributed by atoms with van der Waals surface area (Å²) in [5.74, 6) is 0.0992. The Morgan fingerprint density at radius 3 is 2.56 bits per heavy atom. The molecule has 0 aliphatic carbocycles. The number of ether oxygens (including phenoxy) is 1. The molecule has 0 aliphatic rings. The summed E-state index contributed by atoms with van der Waals surface area (Å²) in [4.78, 5) is 7.40. The number of nitrogens with zero attached hydrogens (tertiary/aromatic N) is 2. The number of hydrogen-bond acceptors (Lipinski definition) is 4. The van der Waals surface area contributed by atoms with Crippen molar-refractivity contribution in [2.24, 2.45) is 0 Å². The summed E-state index contributed by atoms with van der Waals surface area (Å²) in [5, 5.41) is 0. The van der Waals surface area contributed by atoms with Crippen LogP contribution in [-0.4, -0.2) is 9.97 Å². The Hall–Kier alpha value is -2.17. The lowest BCUT2D eigenvalue weighted by atomic mass is 10.2. The van der Waals surface area contributed by atoms with Crippen LogP contribution in [0.15, 0.2) is 30.6 Å². The smallest absolute Gasteiger partial charge is 0.322 e.